The fourth-order valence-electron chi connectivity index (χ4n) is 2.56. The maximum Gasteiger partial charge on any atom is 0.234 e. The molecule has 2 rings (SSSR count). The molecule has 6 heteroatoms. The van der Waals surface area contributed by atoms with Crippen LogP contribution < -0.4 is 5.73 Å². The standard InChI is InChI=1S/C12H18ClN3OS/c1-2-9(12-15-8(6-13)7-18-12)16-5-3-4-10(16)11(14)17/h7,9-10H,2-6H2,1H3,(H2,14,17). The average Bonchev–Trinajstić information content (AvgIpc) is 2.98. The highest BCUT2D eigenvalue weighted by molar-refractivity contribution is 7.09. The number of carbonyl (C=O) groups excluding carboxylic acids is 1. The van der Waals surface area contributed by atoms with Crippen molar-refractivity contribution in [2.24, 2.45) is 5.73 Å². The third-order valence-electron chi connectivity index (χ3n) is 3.40. The number of nitrogens with two attached hydrogens (primary N) is 1. The van der Waals surface area contributed by atoms with Crippen molar-refractivity contribution in [3.8, 4) is 0 Å². The fourth-order valence-corrected chi connectivity index (χ4v) is 3.81. The summed E-state index contributed by atoms with van der Waals surface area (Å²) in [5.74, 6) is 0.215. The zero-order chi connectivity index (χ0) is 13.1. The summed E-state index contributed by atoms with van der Waals surface area (Å²) in [6.07, 6.45) is 2.82. The lowest BCUT2D eigenvalue weighted by atomic mass is 10.1. The molecule has 1 aliphatic rings. The molecule has 0 bridgehead atoms. The van der Waals surface area contributed by atoms with E-state index < -0.39 is 0 Å². The maximum atomic E-state index is 11.5. The van der Waals surface area contributed by atoms with Gasteiger partial charge in [0.05, 0.1) is 23.7 Å². The SMILES string of the molecule is CCC(c1nc(CCl)cs1)N1CCCC1C(N)=O. The van der Waals surface area contributed by atoms with Crippen molar-refractivity contribution >= 4 is 28.8 Å². The van der Waals surface area contributed by atoms with E-state index in [-0.39, 0.29) is 18.0 Å². The molecule has 100 valence electrons. The Morgan fingerprint density at radius 3 is 3.11 bits per heavy atom. The molecule has 2 unspecified atom stereocenters. The molecule has 1 aromatic rings. The second kappa shape index (κ2) is 5.99. The van der Waals surface area contributed by atoms with Crippen molar-refractivity contribution in [3.63, 3.8) is 0 Å². The van der Waals surface area contributed by atoms with Gasteiger partial charge in [-0.1, -0.05) is 6.92 Å². The number of hydrogen-bond donors (Lipinski definition) is 1. The van der Waals surface area contributed by atoms with E-state index in [1.807, 2.05) is 5.38 Å². The van der Waals surface area contributed by atoms with E-state index in [0.29, 0.717) is 5.88 Å². The summed E-state index contributed by atoms with van der Waals surface area (Å²) >= 11 is 7.40. The van der Waals surface area contributed by atoms with Crippen LogP contribution in [0.25, 0.3) is 0 Å². The molecule has 1 saturated heterocycles. The van der Waals surface area contributed by atoms with Crippen LogP contribution in [0.2, 0.25) is 0 Å². The largest absolute Gasteiger partial charge is 0.368 e. The van der Waals surface area contributed by atoms with E-state index in [4.69, 9.17) is 17.3 Å². The van der Waals surface area contributed by atoms with E-state index in [2.05, 4.69) is 16.8 Å². The smallest absolute Gasteiger partial charge is 0.234 e. The third kappa shape index (κ3) is 2.68. The summed E-state index contributed by atoms with van der Waals surface area (Å²) in [6, 6.07) is 0.0465. The van der Waals surface area contributed by atoms with Gasteiger partial charge in [0.2, 0.25) is 5.91 Å². The number of hydrogen-bond acceptors (Lipinski definition) is 4. The van der Waals surface area contributed by atoms with Gasteiger partial charge in [-0.05, 0) is 25.8 Å². The average molecular weight is 288 g/mol. The Bertz CT molecular complexity index is 423. The second-order valence-electron chi connectivity index (χ2n) is 4.53. The van der Waals surface area contributed by atoms with Gasteiger partial charge in [0.25, 0.3) is 0 Å². The van der Waals surface area contributed by atoms with Crippen molar-refractivity contribution in [3.05, 3.63) is 16.1 Å². The van der Waals surface area contributed by atoms with Crippen LogP contribution in [-0.2, 0) is 10.7 Å². The minimum absolute atomic E-state index is 0.140. The summed E-state index contributed by atoms with van der Waals surface area (Å²) in [6.45, 7) is 3.03. The summed E-state index contributed by atoms with van der Waals surface area (Å²) in [4.78, 5) is 18.2. The highest BCUT2D eigenvalue weighted by Gasteiger charge is 2.35. The monoisotopic (exact) mass is 287 g/mol. The lowest BCUT2D eigenvalue weighted by molar-refractivity contribution is -0.123. The Hall–Kier alpha value is -0.650. The molecule has 1 fully saturated rings. The number of alkyl halides is 1. The molecule has 4 nitrogen and oxygen atoms in total. The normalized spacial score (nSPS) is 22.2. The lowest BCUT2D eigenvalue weighted by Gasteiger charge is -2.29. The highest BCUT2D eigenvalue weighted by atomic mass is 35.5. The molecule has 1 aromatic heterocycles. The van der Waals surface area contributed by atoms with E-state index in [1.54, 1.807) is 11.3 Å². The van der Waals surface area contributed by atoms with Gasteiger partial charge in [0.15, 0.2) is 0 Å². The summed E-state index contributed by atoms with van der Waals surface area (Å²) in [5, 5.41) is 3.03. The van der Waals surface area contributed by atoms with Gasteiger partial charge in [-0.3, -0.25) is 9.69 Å². The van der Waals surface area contributed by atoms with Gasteiger partial charge in [0.1, 0.15) is 5.01 Å². The van der Waals surface area contributed by atoms with Crippen molar-refractivity contribution in [2.45, 2.75) is 44.1 Å². The van der Waals surface area contributed by atoms with Crippen LogP contribution in [0.5, 0.6) is 0 Å². The van der Waals surface area contributed by atoms with Crippen molar-refractivity contribution in [1.29, 1.82) is 0 Å². The zero-order valence-electron chi connectivity index (χ0n) is 10.4. The zero-order valence-corrected chi connectivity index (χ0v) is 12.0. The molecule has 2 heterocycles. The number of carbonyl (C=O) groups is 1. The second-order valence-corrected chi connectivity index (χ2v) is 5.69. The fraction of sp³-hybridized carbons (Fsp3) is 0.667. The molecule has 1 amide bonds. The molecule has 0 aliphatic carbocycles. The molecule has 0 saturated carbocycles. The first kappa shape index (κ1) is 13.8. The first-order valence-electron chi connectivity index (χ1n) is 6.22. The molecular formula is C12H18ClN3OS. The van der Waals surface area contributed by atoms with Crippen LogP contribution in [0, 0.1) is 0 Å². The quantitative estimate of drug-likeness (QED) is 0.845. The molecule has 0 radical (unpaired) electrons. The van der Waals surface area contributed by atoms with Gasteiger partial charge in [-0.25, -0.2) is 4.98 Å². The van der Waals surface area contributed by atoms with Gasteiger partial charge in [0, 0.05) is 5.38 Å². The van der Waals surface area contributed by atoms with Crippen LogP contribution in [0.1, 0.15) is 42.9 Å². The molecule has 0 aromatic carbocycles. The first-order valence-corrected chi connectivity index (χ1v) is 7.64. The molecule has 2 atom stereocenters. The van der Waals surface area contributed by atoms with E-state index in [9.17, 15) is 4.79 Å². The maximum absolute atomic E-state index is 11.5. The van der Waals surface area contributed by atoms with E-state index >= 15 is 0 Å². The topological polar surface area (TPSA) is 59.2 Å². The number of amides is 1. The van der Waals surface area contributed by atoms with Crippen molar-refractivity contribution in [2.75, 3.05) is 6.54 Å². The third-order valence-corrected chi connectivity index (χ3v) is 4.67. The van der Waals surface area contributed by atoms with Gasteiger partial charge in [-0.15, -0.1) is 22.9 Å². The molecule has 18 heavy (non-hydrogen) atoms. The van der Waals surface area contributed by atoms with Crippen LogP contribution in [0.4, 0.5) is 0 Å². The number of halogens is 1. The van der Waals surface area contributed by atoms with Crippen LogP contribution in [0.15, 0.2) is 5.38 Å². The summed E-state index contributed by atoms with van der Waals surface area (Å²) < 4.78 is 0. The van der Waals surface area contributed by atoms with Gasteiger partial charge < -0.3 is 5.73 Å². The highest BCUT2D eigenvalue weighted by Crippen LogP contribution is 2.33. The molecule has 1 aliphatic heterocycles. The Kier molecular flexibility index (Phi) is 4.59. The number of nitrogens with zero attached hydrogens (tertiary/aromatic N) is 2. The van der Waals surface area contributed by atoms with Crippen molar-refractivity contribution in [1.82, 2.24) is 9.88 Å². The van der Waals surface area contributed by atoms with Crippen LogP contribution in [0.3, 0.4) is 0 Å². The van der Waals surface area contributed by atoms with Crippen LogP contribution >= 0.6 is 22.9 Å². The number of primary amides is 1. The lowest BCUT2D eigenvalue weighted by Crippen LogP contribution is -2.42. The predicted molar refractivity (Wildman–Crippen MR) is 73.6 cm³/mol. The number of aromatic nitrogens is 1. The predicted octanol–water partition coefficient (Wildman–Crippen LogP) is 2.28. The number of rotatable bonds is 5. The Morgan fingerprint density at radius 1 is 1.78 bits per heavy atom. The number of thiazole rings is 1. The Balaban J connectivity index is 2.19. The van der Waals surface area contributed by atoms with Gasteiger partial charge in [-0.2, -0.15) is 0 Å². The summed E-state index contributed by atoms with van der Waals surface area (Å²) in [5.41, 5.74) is 6.38. The van der Waals surface area contributed by atoms with Crippen LogP contribution in [-0.4, -0.2) is 28.4 Å². The molecular weight excluding hydrogens is 270 g/mol. The minimum atomic E-state index is -0.222. The minimum Gasteiger partial charge on any atom is -0.368 e. The van der Waals surface area contributed by atoms with Crippen molar-refractivity contribution < 1.29 is 4.79 Å². The van der Waals surface area contributed by atoms with E-state index in [1.165, 1.54) is 0 Å². The Labute approximate surface area is 116 Å². The molecule has 0 spiro atoms. The Morgan fingerprint density at radius 2 is 2.56 bits per heavy atom. The first-order chi connectivity index (χ1) is 8.67. The van der Waals surface area contributed by atoms with Gasteiger partial charge >= 0.3 is 0 Å². The van der Waals surface area contributed by atoms with E-state index in [0.717, 1.165) is 36.5 Å². The number of likely N-dealkylation sites (tertiary alicyclic amines) is 1. The molecule has 2 N–H and O–H groups in total. The summed E-state index contributed by atoms with van der Waals surface area (Å²) in [7, 11) is 0.